The summed E-state index contributed by atoms with van der Waals surface area (Å²) in [6.07, 6.45) is 3.37. The molecule has 1 saturated heterocycles. The summed E-state index contributed by atoms with van der Waals surface area (Å²) >= 11 is 0. The van der Waals surface area contributed by atoms with E-state index in [9.17, 15) is 14.0 Å². The maximum Gasteiger partial charge on any atom is 0.321 e. The van der Waals surface area contributed by atoms with Crippen LogP contribution in [0.3, 0.4) is 0 Å². The molecule has 3 N–H and O–H groups in total. The van der Waals surface area contributed by atoms with Gasteiger partial charge in [0, 0.05) is 25.7 Å². The number of carbonyl (C=O) groups is 2. The highest BCUT2D eigenvalue weighted by molar-refractivity contribution is 5.98. The number of hydrogen-bond donors (Lipinski definition) is 2. The average Bonchev–Trinajstić information content (AvgIpc) is 2.75. The van der Waals surface area contributed by atoms with Gasteiger partial charge >= 0.3 is 6.03 Å². The number of primary amides is 1. The van der Waals surface area contributed by atoms with Gasteiger partial charge in [-0.15, -0.1) is 0 Å². The number of nitrogens with zero attached hydrogens (tertiary/aromatic N) is 2. The molecule has 0 radical (unpaired) electrons. The lowest BCUT2D eigenvalue weighted by Crippen LogP contribution is -2.36. The number of ether oxygens (including phenoxy) is 1. The molecule has 160 valence electrons. The van der Waals surface area contributed by atoms with Gasteiger partial charge in [0.05, 0.1) is 17.9 Å². The SMILES string of the molecule is CN(CCOc1ccc(F)cc1)C(=O)Nc1cc(C(N)=O)ccc1N1CCCCC1. The number of hydrogen-bond acceptors (Lipinski definition) is 4. The Morgan fingerprint density at radius 3 is 2.50 bits per heavy atom. The molecule has 1 fully saturated rings. The fourth-order valence-electron chi connectivity index (χ4n) is 3.34. The molecule has 3 rings (SSSR count). The van der Waals surface area contributed by atoms with Crippen molar-refractivity contribution in [2.24, 2.45) is 5.73 Å². The maximum atomic E-state index is 12.9. The number of rotatable bonds is 7. The molecule has 1 aliphatic heterocycles. The van der Waals surface area contributed by atoms with Crippen LogP contribution >= 0.6 is 0 Å². The smallest absolute Gasteiger partial charge is 0.321 e. The summed E-state index contributed by atoms with van der Waals surface area (Å²) in [5, 5.41) is 2.89. The van der Waals surface area contributed by atoms with Gasteiger partial charge in [-0.2, -0.15) is 0 Å². The van der Waals surface area contributed by atoms with Gasteiger partial charge in [0.25, 0.3) is 0 Å². The summed E-state index contributed by atoms with van der Waals surface area (Å²) in [6.45, 7) is 2.40. The van der Waals surface area contributed by atoms with Crippen molar-refractivity contribution in [1.29, 1.82) is 0 Å². The number of carbonyl (C=O) groups excluding carboxylic acids is 2. The number of anilines is 2. The van der Waals surface area contributed by atoms with Crippen LogP contribution in [-0.2, 0) is 0 Å². The summed E-state index contributed by atoms with van der Waals surface area (Å²) in [7, 11) is 1.65. The van der Waals surface area contributed by atoms with E-state index in [0.717, 1.165) is 31.6 Å². The highest BCUT2D eigenvalue weighted by Gasteiger charge is 2.18. The second-order valence-electron chi connectivity index (χ2n) is 7.30. The third-order valence-corrected chi connectivity index (χ3v) is 5.08. The summed E-state index contributed by atoms with van der Waals surface area (Å²) in [5.74, 6) is -0.343. The normalized spacial score (nSPS) is 13.6. The van der Waals surface area contributed by atoms with Gasteiger partial charge < -0.3 is 25.6 Å². The number of halogens is 1. The number of nitrogens with two attached hydrogens (primary N) is 1. The minimum Gasteiger partial charge on any atom is -0.492 e. The zero-order valence-corrected chi connectivity index (χ0v) is 17.1. The molecule has 1 aliphatic rings. The van der Waals surface area contributed by atoms with Crippen LogP contribution < -0.4 is 20.7 Å². The molecular formula is C22H27FN4O3. The van der Waals surface area contributed by atoms with E-state index in [2.05, 4.69) is 10.2 Å². The molecule has 0 unspecified atom stereocenters. The number of piperidine rings is 1. The van der Waals surface area contributed by atoms with Crippen molar-refractivity contribution in [3.63, 3.8) is 0 Å². The first kappa shape index (κ1) is 21.4. The standard InChI is InChI=1S/C22H27FN4O3/c1-26(13-14-30-18-8-6-17(23)7-9-18)22(29)25-19-15-16(21(24)28)5-10-20(19)27-11-3-2-4-12-27/h5-10,15H,2-4,11-14H2,1H3,(H2,24,28)(H,25,29). The summed E-state index contributed by atoms with van der Waals surface area (Å²) in [5.41, 5.74) is 7.20. The van der Waals surface area contributed by atoms with Crippen LogP contribution in [0.4, 0.5) is 20.6 Å². The van der Waals surface area contributed by atoms with E-state index in [-0.39, 0.29) is 18.5 Å². The van der Waals surface area contributed by atoms with Crippen LogP contribution in [0.15, 0.2) is 42.5 Å². The molecule has 8 heteroatoms. The van der Waals surface area contributed by atoms with E-state index in [1.165, 1.54) is 35.6 Å². The lowest BCUT2D eigenvalue weighted by molar-refractivity contribution is 0.1000. The quantitative estimate of drug-likeness (QED) is 0.726. The topological polar surface area (TPSA) is 87.9 Å². The molecule has 0 aromatic heterocycles. The number of amides is 3. The molecule has 0 aliphatic carbocycles. The number of urea groups is 1. The van der Waals surface area contributed by atoms with Crippen molar-refractivity contribution in [1.82, 2.24) is 4.90 Å². The van der Waals surface area contributed by atoms with E-state index in [1.54, 1.807) is 19.2 Å². The zero-order chi connectivity index (χ0) is 21.5. The minimum atomic E-state index is -0.545. The predicted octanol–water partition coefficient (Wildman–Crippen LogP) is 3.46. The third kappa shape index (κ3) is 5.62. The molecule has 2 aromatic carbocycles. The van der Waals surface area contributed by atoms with Gasteiger partial charge in [0.1, 0.15) is 18.2 Å². The lowest BCUT2D eigenvalue weighted by Gasteiger charge is -2.31. The number of likely N-dealkylation sites (N-methyl/N-ethyl adjacent to an activating group) is 1. The van der Waals surface area contributed by atoms with Crippen LogP contribution in [-0.4, -0.2) is 50.1 Å². The van der Waals surface area contributed by atoms with Crippen molar-refractivity contribution in [2.45, 2.75) is 19.3 Å². The molecule has 2 aromatic rings. The van der Waals surface area contributed by atoms with E-state index in [4.69, 9.17) is 10.5 Å². The molecule has 0 spiro atoms. The van der Waals surface area contributed by atoms with Crippen LogP contribution in [0.1, 0.15) is 29.6 Å². The molecule has 0 bridgehead atoms. The molecule has 0 atom stereocenters. The van der Waals surface area contributed by atoms with Gasteiger partial charge in [0.15, 0.2) is 0 Å². The molecular weight excluding hydrogens is 387 g/mol. The van der Waals surface area contributed by atoms with E-state index in [1.807, 2.05) is 6.07 Å². The number of nitrogens with one attached hydrogen (secondary N) is 1. The first-order valence-corrected chi connectivity index (χ1v) is 10.0. The summed E-state index contributed by atoms with van der Waals surface area (Å²) < 4.78 is 18.5. The lowest BCUT2D eigenvalue weighted by atomic mass is 10.1. The fourth-order valence-corrected chi connectivity index (χ4v) is 3.34. The van der Waals surface area contributed by atoms with Crippen molar-refractivity contribution < 1.29 is 18.7 Å². The van der Waals surface area contributed by atoms with Crippen molar-refractivity contribution in [2.75, 3.05) is 43.5 Å². The second kappa shape index (κ2) is 9.96. The van der Waals surface area contributed by atoms with E-state index in [0.29, 0.717) is 23.5 Å². The first-order valence-electron chi connectivity index (χ1n) is 10.0. The Morgan fingerprint density at radius 2 is 1.83 bits per heavy atom. The Morgan fingerprint density at radius 1 is 1.13 bits per heavy atom. The predicted molar refractivity (Wildman–Crippen MR) is 115 cm³/mol. The molecule has 30 heavy (non-hydrogen) atoms. The summed E-state index contributed by atoms with van der Waals surface area (Å²) in [6, 6.07) is 10.5. The Labute approximate surface area is 175 Å². The van der Waals surface area contributed by atoms with Gasteiger partial charge in [-0.05, 0) is 61.7 Å². The largest absolute Gasteiger partial charge is 0.492 e. The molecule has 3 amide bonds. The van der Waals surface area contributed by atoms with Crippen LogP contribution in [0.25, 0.3) is 0 Å². The minimum absolute atomic E-state index is 0.260. The van der Waals surface area contributed by atoms with E-state index < -0.39 is 5.91 Å². The van der Waals surface area contributed by atoms with Crippen LogP contribution in [0.5, 0.6) is 5.75 Å². The monoisotopic (exact) mass is 414 g/mol. The first-order chi connectivity index (χ1) is 14.4. The third-order valence-electron chi connectivity index (χ3n) is 5.08. The highest BCUT2D eigenvalue weighted by Crippen LogP contribution is 2.30. The molecule has 7 nitrogen and oxygen atoms in total. The van der Waals surface area contributed by atoms with Gasteiger partial charge in [-0.3, -0.25) is 4.79 Å². The Balaban J connectivity index is 1.63. The van der Waals surface area contributed by atoms with Gasteiger partial charge in [-0.25, -0.2) is 9.18 Å². The average molecular weight is 414 g/mol. The molecule has 0 saturated carbocycles. The zero-order valence-electron chi connectivity index (χ0n) is 17.1. The summed E-state index contributed by atoms with van der Waals surface area (Å²) in [4.78, 5) is 28.0. The fraction of sp³-hybridized carbons (Fsp3) is 0.364. The maximum absolute atomic E-state index is 12.9. The Hall–Kier alpha value is -3.29. The molecule has 1 heterocycles. The van der Waals surface area contributed by atoms with Crippen LogP contribution in [0, 0.1) is 5.82 Å². The highest BCUT2D eigenvalue weighted by atomic mass is 19.1. The van der Waals surface area contributed by atoms with Crippen LogP contribution in [0.2, 0.25) is 0 Å². The van der Waals surface area contributed by atoms with Crippen molar-refractivity contribution >= 4 is 23.3 Å². The Kier molecular flexibility index (Phi) is 7.11. The van der Waals surface area contributed by atoms with Gasteiger partial charge in [-0.1, -0.05) is 0 Å². The Bertz CT molecular complexity index is 882. The van der Waals surface area contributed by atoms with Gasteiger partial charge in [0.2, 0.25) is 5.91 Å². The second-order valence-corrected chi connectivity index (χ2v) is 7.30. The van der Waals surface area contributed by atoms with Crippen molar-refractivity contribution in [3.8, 4) is 5.75 Å². The van der Waals surface area contributed by atoms with Crippen molar-refractivity contribution in [3.05, 3.63) is 53.8 Å². The van der Waals surface area contributed by atoms with E-state index >= 15 is 0 Å². The number of benzene rings is 2.